The monoisotopic (exact) mass is 634 g/mol. The standard InChI is InChI=1S/C29H39FN6O5S2/c1-33(2)43(40,41)25-12-10-24(11-13-25)36-20-23(5-4-14-31-27-19-26(27)21-6-8-22(30)9-7-21)32-28(29(36)37)34-15-17-35(18-16-34)42(3,38)39/h6-13,20,26-27,29,31,37H,4-5,14-19H2,1-3H3/t26-,27+,29?/m0/s1. The highest BCUT2D eigenvalue weighted by Gasteiger charge is 2.38. The summed E-state index contributed by atoms with van der Waals surface area (Å²) in [6.07, 6.45) is 4.27. The summed E-state index contributed by atoms with van der Waals surface area (Å²) < 4.78 is 65.0. The molecule has 5 rings (SSSR count). The number of piperazine rings is 1. The van der Waals surface area contributed by atoms with Crippen LogP contribution < -0.4 is 10.2 Å². The van der Waals surface area contributed by atoms with E-state index >= 15 is 0 Å². The van der Waals surface area contributed by atoms with Gasteiger partial charge in [0.05, 0.1) is 16.8 Å². The molecule has 0 spiro atoms. The largest absolute Gasteiger partial charge is 0.366 e. The molecule has 0 amide bonds. The van der Waals surface area contributed by atoms with Gasteiger partial charge in [-0.25, -0.2) is 30.5 Å². The minimum atomic E-state index is -3.61. The molecule has 3 aliphatic rings. The van der Waals surface area contributed by atoms with Crippen LogP contribution in [0, 0.1) is 5.82 Å². The molecule has 2 fully saturated rings. The van der Waals surface area contributed by atoms with Crippen LogP contribution >= 0.6 is 0 Å². The molecule has 11 nitrogen and oxygen atoms in total. The van der Waals surface area contributed by atoms with Crippen molar-refractivity contribution in [2.75, 3.05) is 58.0 Å². The second kappa shape index (κ2) is 12.6. The Labute approximate surface area is 253 Å². The lowest BCUT2D eigenvalue weighted by atomic mass is 10.1. The Morgan fingerprint density at radius 2 is 1.65 bits per heavy atom. The first-order valence-corrected chi connectivity index (χ1v) is 17.6. The third-order valence-electron chi connectivity index (χ3n) is 8.09. The zero-order chi connectivity index (χ0) is 30.9. The summed E-state index contributed by atoms with van der Waals surface area (Å²) in [5, 5.41) is 15.0. The summed E-state index contributed by atoms with van der Waals surface area (Å²) >= 11 is 0. The van der Waals surface area contributed by atoms with Crippen LogP contribution in [0.3, 0.4) is 0 Å². The Hall–Kier alpha value is -2.88. The predicted octanol–water partition coefficient (Wildman–Crippen LogP) is 1.96. The van der Waals surface area contributed by atoms with Gasteiger partial charge >= 0.3 is 0 Å². The van der Waals surface area contributed by atoms with E-state index in [2.05, 4.69) is 5.32 Å². The van der Waals surface area contributed by atoms with Crippen LogP contribution in [0.4, 0.5) is 10.1 Å². The van der Waals surface area contributed by atoms with Crippen LogP contribution in [0.5, 0.6) is 0 Å². The maximum Gasteiger partial charge on any atom is 0.242 e. The smallest absolute Gasteiger partial charge is 0.242 e. The minimum Gasteiger partial charge on any atom is -0.366 e. The highest BCUT2D eigenvalue weighted by Crippen LogP contribution is 2.40. The lowest BCUT2D eigenvalue weighted by Crippen LogP contribution is -2.56. The quantitative estimate of drug-likeness (QED) is 0.380. The molecule has 43 heavy (non-hydrogen) atoms. The van der Waals surface area contributed by atoms with Gasteiger partial charge < -0.3 is 20.2 Å². The Kier molecular flexibility index (Phi) is 9.26. The molecule has 14 heteroatoms. The number of sulfonamides is 2. The van der Waals surface area contributed by atoms with Gasteiger partial charge in [0.15, 0.2) is 12.1 Å². The molecular weight excluding hydrogens is 595 g/mol. The lowest BCUT2D eigenvalue weighted by molar-refractivity contribution is 0.199. The van der Waals surface area contributed by atoms with E-state index < -0.39 is 26.3 Å². The molecule has 2 aromatic carbocycles. The van der Waals surface area contributed by atoms with Crippen LogP contribution in [0.25, 0.3) is 0 Å². The number of rotatable bonds is 10. The zero-order valence-corrected chi connectivity index (χ0v) is 26.2. The maximum absolute atomic E-state index is 13.3. The van der Waals surface area contributed by atoms with E-state index in [1.807, 2.05) is 17.0 Å². The Morgan fingerprint density at radius 1 is 1.00 bits per heavy atom. The van der Waals surface area contributed by atoms with Gasteiger partial charge in [-0.3, -0.25) is 0 Å². The molecule has 2 aliphatic heterocycles. The van der Waals surface area contributed by atoms with E-state index in [4.69, 9.17) is 4.99 Å². The van der Waals surface area contributed by atoms with Crippen molar-refractivity contribution in [2.24, 2.45) is 4.99 Å². The summed E-state index contributed by atoms with van der Waals surface area (Å²) in [7, 11) is -3.98. The minimum absolute atomic E-state index is 0.146. The number of hydrogen-bond acceptors (Lipinski definition) is 9. The topological polar surface area (TPSA) is 126 Å². The van der Waals surface area contributed by atoms with Crippen molar-refractivity contribution in [1.82, 2.24) is 18.8 Å². The summed E-state index contributed by atoms with van der Waals surface area (Å²) in [6.45, 7) is 2.12. The fraction of sp³-hybridized carbons (Fsp3) is 0.483. The summed E-state index contributed by atoms with van der Waals surface area (Å²) in [5.41, 5.74) is 2.49. The van der Waals surface area contributed by atoms with E-state index in [0.717, 1.165) is 35.0 Å². The van der Waals surface area contributed by atoms with Gasteiger partial charge in [-0.2, -0.15) is 4.31 Å². The van der Waals surface area contributed by atoms with Gasteiger partial charge in [0.1, 0.15) is 5.82 Å². The molecule has 1 unspecified atom stereocenters. The SMILES string of the molecule is CN(C)S(=O)(=O)c1ccc(N2C=C(CCCN[C@@H]3C[C@H]3c3ccc(F)cc3)N=C(N3CCN(S(C)(=O)=O)CC3)C2O)cc1. The molecule has 0 radical (unpaired) electrons. The molecule has 0 bridgehead atoms. The number of aliphatic hydroxyl groups excluding tert-OH is 1. The maximum atomic E-state index is 13.3. The number of aliphatic hydroxyl groups is 1. The molecule has 2 heterocycles. The average Bonchev–Trinajstić information content (AvgIpc) is 3.75. The first kappa shape index (κ1) is 31.5. The highest BCUT2D eigenvalue weighted by atomic mass is 32.2. The van der Waals surface area contributed by atoms with Gasteiger partial charge in [-0.05, 0) is 67.8 Å². The lowest BCUT2D eigenvalue weighted by Gasteiger charge is -2.40. The number of aliphatic imine (C=N–C) groups is 1. The highest BCUT2D eigenvalue weighted by molar-refractivity contribution is 7.89. The number of hydrogen-bond donors (Lipinski definition) is 2. The number of nitrogens with one attached hydrogen (secondary N) is 1. The van der Waals surface area contributed by atoms with E-state index in [1.54, 1.807) is 23.2 Å². The van der Waals surface area contributed by atoms with Crippen LogP contribution in [0.15, 0.2) is 70.3 Å². The van der Waals surface area contributed by atoms with E-state index in [1.165, 1.54) is 48.9 Å². The Morgan fingerprint density at radius 3 is 2.26 bits per heavy atom. The van der Waals surface area contributed by atoms with Crippen molar-refractivity contribution in [3.63, 3.8) is 0 Å². The van der Waals surface area contributed by atoms with Crippen molar-refractivity contribution >= 4 is 31.6 Å². The first-order chi connectivity index (χ1) is 20.3. The molecule has 234 valence electrons. The predicted molar refractivity (Wildman–Crippen MR) is 164 cm³/mol. The number of anilines is 1. The van der Waals surface area contributed by atoms with Crippen LogP contribution in [-0.4, -0.2) is 107 Å². The normalized spacial score (nSPS) is 23.3. The summed E-state index contributed by atoms with van der Waals surface area (Å²) in [4.78, 5) is 8.54. The molecular formula is C29H39FN6O5S2. The van der Waals surface area contributed by atoms with E-state index in [9.17, 15) is 26.3 Å². The number of benzene rings is 2. The van der Waals surface area contributed by atoms with Crippen molar-refractivity contribution in [2.45, 2.75) is 42.3 Å². The molecule has 1 saturated heterocycles. The van der Waals surface area contributed by atoms with Gasteiger partial charge in [-0.15, -0.1) is 0 Å². The Bertz CT molecular complexity index is 1570. The summed E-state index contributed by atoms with van der Waals surface area (Å²) in [5.74, 6) is 0.581. The summed E-state index contributed by atoms with van der Waals surface area (Å²) in [6, 6.07) is 13.3. The first-order valence-electron chi connectivity index (χ1n) is 14.3. The van der Waals surface area contributed by atoms with Crippen molar-refractivity contribution in [1.29, 1.82) is 0 Å². The molecule has 2 N–H and O–H groups in total. The van der Waals surface area contributed by atoms with Gasteiger partial charge in [0.2, 0.25) is 20.0 Å². The molecule has 2 aromatic rings. The van der Waals surface area contributed by atoms with E-state index in [0.29, 0.717) is 56.1 Å². The fourth-order valence-corrected chi connectivity index (χ4v) is 7.19. The second-order valence-electron chi connectivity index (χ2n) is 11.4. The average molecular weight is 635 g/mol. The van der Waals surface area contributed by atoms with Crippen LogP contribution in [-0.2, 0) is 20.0 Å². The van der Waals surface area contributed by atoms with E-state index in [-0.39, 0.29) is 10.7 Å². The second-order valence-corrected chi connectivity index (χ2v) is 15.5. The van der Waals surface area contributed by atoms with Gasteiger partial charge in [0.25, 0.3) is 0 Å². The molecule has 1 aliphatic carbocycles. The van der Waals surface area contributed by atoms with Crippen LogP contribution in [0.1, 0.15) is 30.7 Å². The fourth-order valence-electron chi connectivity index (χ4n) is 5.47. The van der Waals surface area contributed by atoms with Crippen molar-refractivity contribution in [3.8, 4) is 0 Å². The number of halogens is 1. The third kappa shape index (κ3) is 7.27. The van der Waals surface area contributed by atoms with Gasteiger partial charge in [-0.1, -0.05) is 12.1 Å². The number of allylic oxidation sites excluding steroid dienone is 1. The van der Waals surface area contributed by atoms with Gasteiger partial charge in [0, 0.05) is 64.1 Å². The molecule has 0 aromatic heterocycles. The molecule has 1 saturated carbocycles. The number of amidine groups is 1. The van der Waals surface area contributed by atoms with Crippen molar-refractivity contribution in [3.05, 3.63) is 71.8 Å². The van der Waals surface area contributed by atoms with Crippen LogP contribution in [0.2, 0.25) is 0 Å². The zero-order valence-electron chi connectivity index (χ0n) is 24.6. The third-order valence-corrected chi connectivity index (χ3v) is 11.2. The Balaban J connectivity index is 1.28. The number of nitrogens with zero attached hydrogens (tertiary/aromatic N) is 5. The molecule has 3 atom stereocenters. The van der Waals surface area contributed by atoms with Crippen molar-refractivity contribution < 1.29 is 26.3 Å².